The lowest BCUT2D eigenvalue weighted by Crippen LogP contribution is -2.10. The zero-order valence-corrected chi connectivity index (χ0v) is 13.5. The van der Waals surface area contributed by atoms with Crippen molar-refractivity contribution in [3.63, 3.8) is 0 Å². The zero-order valence-electron chi connectivity index (χ0n) is 12.6. The van der Waals surface area contributed by atoms with Crippen LogP contribution in [0, 0.1) is 0 Å². The summed E-state index contributed by atoms with van der Waals surface area (Å²) < 4.78 is 28.5. The van der Waals surface area contributed by atoms with Crippen molar-refractivity contribution in [3.05, 3.63) is 23.3 Å². The van der Waals surface area contributed by atoms with Crippen molar-refractivity contribution in [3.8, 4) is 11.5 Å². The van der Waals surface area contributed by atoms with Gasteiger partial charge in [0.1, 0.15) is 11.5 Å². The number of fused-ring (bicyclic) bond motifs is 1. The number of ether oxygens (including phenoxy) is 1. The van der Waals surface area contributed by atoms with Crippen LogP contribution in [0.15, 0.2) is 12.1 Å². The first kappa shape index (κ1) is 16.3. The van der Waals surface area contributed by atoms with Crippen LogP contribution >= 0.6 is 7.60 Å². The number of phenolic OH excluding ortho intramolecular Hbond substituents is 1. The summed E-state index contributed by atoms with van der Waals surface area (Å²) in [6, 6.07) is 3.35. The van der Waals surface area contributed by atoms with E-state index >= 15 is 0 Å². The van der Waals surface area contributed by atoms with Crippen LogP contribution in [-0.4, -0.2) is 24.7 Å². The molecule has 5 nitrogen and oxygen atoms in total. The predicted octanol–water partition coefficient (Wildman–Crippen LogP) is 3.87. The van der Waals surface area contributed by atoms with E-state index in [0.29, 0.717) is 24.7 Å². The molecule has 1 aliphatic rings. The highest BCUT2D eigenvalue weighted by molar-refractivity contribution is 7.53. The highest BCUT2D eigenvalue weighted by Gasteiger charge is 2.26. The van der Waals surface area contributed by atoms with Crippen LogP contribution in [0.1, 0.15) is 37.8 Å². The molecule has 0 saturated carbocycles. The minimum Gasteiger partial charge on any atom is -0.508 e. The van der Waals surface area contributed by atoms with Crippen LogP contribution in [0.25, 0.3) is 0 Å². The van der Waals surface area contributed by atoms with Crippen LogP contribution in [-0.2, 0) is 26.5 Å². The summed E-state index contributed by atoms with van der Waals surface area (Å²) in [4.78, 5) is 0. The molecule has 1 aromatic rings. The number of phenols is 1. The van der Waals surface area contributed by atoms with Gasteiger partial charge in [-0.15, -0.1) is 0 Å². The summed E-state index contributed by atoms with van der Waals surface area (Å²) in [7, 11) is -3.22. The predicted molar refractivity (Wildman–Crippen MR) is 81.1 cm³/mol. The highest BCUT2D eigenvalue weighted by Crippen LogP contribution is 2.48. The lowest BCUT2D eigenvalue weighted by Gasteiger charge is -2.22. The third-order valence-electron chi connectivity index (χ3n) is 3.50. The molecule has 0 bridgehead atoms. The second kappa shape index (κ2) is 7.30. The van der Waals surface area contributed by atoms with Crippen LogP contribution < -0.4 is 4.74 Å². The Hall–Kier alpha value is -1.03. The molecule has 0 unspecified atom stereocenters. The van der Waals surface area contributed by atoms with Gasteiger partial charge in [0.05, 0.1) is 13.2 Å². The summed E-state index contributed by atoms with van der Waals surface area (Å²) in [5, 5.41) is 9.92. The minimum absolute atomic E-state index is 0.105. The first-order valence-electron chi connectivity index (χ1n) is 7.44. The van der Waals surface area contributed by atoms with E-state index in [2.05, 4.69) is 0 Å². The maximum absolute atomic E-state index is 12.4. The second-order valence-corrected chi connectivity index (χ2v) is 6.96. The van der Waals surface area contributed by atoms with Gasteiger partial charge < -0.3 is 18.9 Å². The Bertz CT molecular complexity index is 519. The maximum atomic E-state index is 12.4. The van der Waals surface area contributed by atoms with E-state index < -0.39 is 7.60 Å². The fraction of sp³-hybridized carbons (Fsp3) is 0.600. The number of rotatable bonds is 7. The molecule has 118 valence electrons. The number of hydrogen-bond donors (Lipinski definition) is 1. The molecule has 21 heavy (non-hydrogen) atoms. The molecule has 0 fully saturated rings. The lowest BCUT2D eigenvalue weighted by molar-refractivity contribution is 0.196. The highest BCUT2D eigenvalue weighted by atomic mass is 31.2. The van der Waals surface area contributed by atoms with E-state index in [1.807, 2.05) is 0 Å². The first-order valence-corrected chi connectivity index (χ1v) is 9.17. The van der Waals surface area contributed by atoms with Gasteiger partial charge in [0, 0.05) is 11.1 Å². The minimum atomic E-state index is -3.22. The van der Waals surface area contributed by atoms with Gasteiger partial charge in [-0.1, -0.05) is 0 Å². The van der Waals surface area contributed by atoms with E-state index in [4.69, 9.17) is 13.8 Å². The van der Waals surface area contributed by atoms with Crippen molar-refractivity contribution in [2.24, 2.45) is 0 Å². The molecule has 0 radical (unpaired) electrons. The van der Waals surface area contributed by atoms with E-state index in [1.54, 1.807) is 26.0 Å². The largest absolute Gasteiger partial charge is 0.508 e. The average molecular weight is 314 g/mol. The molecule has 0 atom stereocenters. The molecule has 0 spiro atoms. The zero-order chi connectivity index (χ0) is 15.3. The normalized spacial score (nSPS) is 14.8. The van der Waals surface area contributed by atoms with Crippen molar-refractivity contribution in [2.45, 2.75) is 39.5 Å². The van der Waals surface area contributed by atoms with Crippen molar-refractivity contribution in [1.29, 1.82) is 0 Å². The molecule has 0 heterocycles. The Labute approximate surface area is 125 Å². The molecule has 0 aromatic heterocycles. The quantitative estimate of drug-likeness (QED) is 0.774. The molecule has 6 heteroatoms. The van der Waals surface area contributed by atoms with Crippen molar-refractivity contribution < 1.29 is 23.5 Å². The van der Waals surface area contributed by atoms with Gasteiger partial charge in [-0.2, -0.15) is 0 Å². The third kappa shape index (κ3) is 4.00. The Balaban J connectivity index is 2.14. The van der Waals surface area contributed by atoms with Gasteiger partial charge in [0.15, 0.2) is 6.35 Å². The van der Waals surface area contributed by atoms with Crippen LogP contribution in [0.4, 0.5) is 0 Å². The lowest BCUT2D eigenvalue weighted by atomic mass is 9.90. The molecule has 0 aliphatic heterocycles. The standard InChI is InChI=1S/C15H23O5P/c1-3-19-21(17,20-4-2)11-18-15-10-9-14(16)12-7-5-6-8-13(12)15/h9-10,16H,3-8,11H2,1-2H3. The molecule has 2 rings (SSSR count). The number of benzene rings is 1. The summed E-state index contributed by atoms with van der Waals surface area (Å²) in [6.07, 6.45) is 3.76. The Kier molecular flexibility index (Phi) is 5.68. The molecule has 1 N–H and O–H groups in total. The van der Waals surface area contributed by atoms with E-state index in [-0.39, 0.29) is 6.35 Å². The topological polar surface area (TPSA) is 65.0 Å². The molecular formula is C15H23O5P. The van der Waals surface area contributed by atoms with Crippen molar-refractivity contribution >= 4 is 7.60 Å². The Morgan fingerprint density at radius 2 is 1.71 bits per heavy atom. The van der Waals surface area contributed by atoms with Gasteiger partial charge in [0.25, 0.3) is 0 Å². The van der Waals surface area contributed by atoms with Gasteiger partial charge >= 0.3 is 7.60 Å². The first-order chi connectivity index (χ1) is 10.1. The van der Waals surface area contributed by atoms with E-state index in [0.717, 1.165) is 36.8 Å². The second-order valence-electron chi connectivity index (χ2n) is 4.97. The summed E-state index contributed by atoms with van der Waals surface area (Å²) >= 11 is 0. The number of hydrogen-bond acceptors (Lipinski definition) is 5. The van der Waals surface area contributed by atoms with Crippen LogP contribution in [0.3, 0.4) is 0 Å². The molecule has 0 amide bonds. The SMILES string of the molecule is CCOP(=O)(COc1ccc(O)c2c1CCCC2)OCC. The number of aromatic hydroxyl groups is 1. The molecule has 1 aromatic carbocycles. The smallest absolute Gasteiger partial charge is 0.367 e. The van der Waals surface area contributed by atoms with Gasteiger partial charge in [-0.25, -0.2) is 0 Å². The van der Waals surface area contributed by atoms with Crippen LogP contribution in [0.5, 0.6) is 11.5 Å². The molecular weight excluding hydrogens is 291 g/mol. The Morgan fingerprint density at radius 3 is 2.33 bits per heavy atom. The van der Waals surface area contributed by atoms with E-state index in [1.165, 1.54) is 0 Å². The maximum Gasteiger partial charge on any atom is 0.367 e. The van der Waals surface area contributed by atoms with Gasteiger partial charge in [-0.05, 0) is 51.7 Å². The molecule has 0 saturated heterocycles. The fourth-order valence-electron chi connectivity index (χ4n) is 2.60. The average Bonchev–Trinajstić information content (AvgIpc) is 2.47. The summed E-state index contributed by atoms with van der Waals surface area (Å²) in [5.74, 6) is 0.983. The van der Waals surface area contributed by atoms with Crippen molar-refractivity contribution in [1.82, 2.24) is 0 Å². The molecule has 1 aliphatic carbocycles. The third-order valence-corrected chi connectivity index (χ3v) is 5.25. The van der Waals surface area contributed by atoms with E-state index in [9.17, 15) is 9.67 Å². The van der Waals surface area contributed by atoms with Gasteiger partial charge in [0.2, 0.25) is 0 Å². The summed E-state index contributed by atoms with van der Waals surface area (Å²) in [5.41, 5.74) is 1.96. The monoisotopic (exact) mass is 314 g/mol. The Morgan fingerprint density at radius 1 is 1.10 bits per heavy atom. The van der Waals surface area contributed by atoms with Crippen LogP contribution in [0.2, 0.25) is 0 Å². The fourth-order valence-corrected chi connectivity index (χ4v) is 3.91. The summed E-state index contributed by atoms with van der Waals surface area (Å²) in [6.45, 7) is 4.17. The van der Waals surface area contributed by atoms with Gasteiger partial charge in [-0.3, -0.25) is 4.57 Å². The van der Waals surface area contributed by atoms with Crippen molar-refractivity contribution in [2.75, 3.05) is 19.6 Å².